The Morgan fingerprint density at radius 3 is 2.93 bits per heavy atom. The first-order valence-corrected chi connectivity index (χ1v) is 10.5. The summed E-state index contributed by atoms with van der Waals surface area (Å²) in [6.07, 6.45) is 4.88. The molecule has 27 heavy (non-hydrogen) atoms. The number of H-pyrrole nitrogens is 1. The molecular formula is C20H21ClN4OS. The van der Waals surface area contributed by atoms with Crippen molar-refractivity contribution in [3.63, 3.8) is 0 Å². The maximum atomic E-state index is 12.1. The molecule has 5 nitrogen and oxygen atoms in total. The number of carbonyl (C=O) groups excluding carboxylic acids is 1. The van der Waals surface area contributed by atoms with E-state index in [0.29, 0.717) is 10.8 Å². The maximum absolute atomic E-state index is 12.1. The van der Waals surface area contributed by atoms with Crippen LogP contribution in [-0.4, -0.2) is 21.6 Å². The van der Waals surface area contributed by atoms with E-state index in [-0.39, 0.29) is 11.8 Å². The second-order valence-electron chi connectivity index (χ2n) is 6.70. The van der Waals surface area contributed by atoms with Crippen LogP contribution in [0.3, 0.4) is 0 Å². The van der Waals surface area contributed by atoms with E-state index in [1.54, 1.807) is 11.9 Å². The van der Waals surface area contributed by atoms with Crippen molar-refractivity contribution in [1.29, 1.82) is 0 Å². The molecule has 0 bridgehead atoms. The van der Waals surface area contributed by atoms with E-state index in [4.69, 9.17) is 11.6 Å². The average molecular weight is 401 g/mol. The van der Waals surface area contributed by atoms with Crippen LogP contribution in [0.1, 0.15) is 26.2 Å². The van der Waals surface area contributed by atoms with E-state index in [0.717, 1.165) is 52.9 Å². The van der Waals surface area contributed by atoms with E-state index >= 15 is 0 Å². The lowest BCUT2D eigenvalue weighted by Crippen LogP contribution is -2.14. The van der Waals surface area contributed by atoms with Crippen LogP contribution in [0, 0.1) is 5.92 Å². The number of benzene rings is 1. The van der Waals surface area contributed by atoms with Gasteiger partial charge in [0.1, 0.15) is 11.5 Å². The summed E-state index contributed by atoms with van der Waals surface area (Å²) in [5, 5.41) is 4.60. The van der Waals surface area contributed by atoms with Crippen LogP contribution >= 0.6 is 23.5 Å². The van der Waals surface area contributed by atoms with Gasteiger partial charge in [-0.25, -0.2) is 4.98 Å². The van der Waals surface area contributed by atoms with Crippen LogP contribution in [0.4, 0.5) is 11.5 Å². The van der Waals surface area contributed by atoms with Gasteiger partial charge in [0.05, 0.1) is 10.7 Å². The molecule has 3 N–H and O–H groups in total. The van der Waals surface area contributed by atoms with Gasteiger partial charge in [0, 0.05) is 23.3 Å². The largest absolute Gasteiger partial charge is 0.346 e. The number of fused-ring (bicyclic) bond motifs is 1. The fourth-order valence-corrected chi connectivity index (χ4v) is 3.83. The highest BCUT2D eigenvalue weighted by atomic mass is 35.5. The number of halogens is 1. The van der Waals surface area contributed by atoms with E-state index in [1.807, 2.05) is 36.5 Å². The van der Waals surface area contributed by atoms with Crippen molar-refractivity contribution in [3.05, 3.63) is 41.6 Å². The van der Waals surface area contributed by atoms with Crippen LogP contribution in [0.5, 0.6) is 0 Å². The van der Waals surface area contributed by atoms with Gasteiger partial charge in [-0.15, -0.1) is 0 Å². The third-order valence-electron chi connectivity index (χ3n) is 4.50. The lowest BCUT2D eigenvalue weighted by Gasteiger charge is -2.11. The van der Waals surface area contributed by atoms with Gasteiger partial charge in [-0.1, -0.05) is 36.5 Å². The Kier molecular flexibility index (Phi) is 5.27. The highest BCUT2D eigenvalue weighted by Crippen LogP contribution is 2.35. The van der Waals surface area contributed by atoms with Gasteiger partial charge >= 0.3 is 0 Å². The summed E-state index contributed by atoms with van der Waals surface area (Å²) in [7, 11) is 0. The first-order valence-electron chi connectivity index (χ1n) is 9.12. The molecule has 3 aromatic rings. The summed E-state index contributed by atoms with van der Waals surface area (Å²) in [5.41, 5.74) is 3.62. The fraction of sp³-hybridized carbons (Fsp3) is 0.300. The lowest BCUT2D eigenvalue weighted by atomic mass is 10.0. The number of nitrogens with one attached hydrogen (secondary N) is 3. The Balaban J connectivity index is 1.66. The van der Waals surface area contributed by atoms with Crippen LogP contribution in [-0.2, 0) is 4.79 Å². The summed E-state index contributed by atoms with van der Waals surface area (Å²) in [6, 6.07) is 9.88. The van der Waals surface area contributed by atoms with Crippen molar-refractivity contribution in [2.24, 2.45) is 5.92 Å². The molecule has 0 unspecified atom stereocenters. The van der Waals surface area contributed by atoms with Crippen molar-refractivity contribution in [2.45, 2.75) is 26.2 Å². The van der Waals surface area contributed by atoms with E-state index in [1.165, 1.54) is 0 Å². The molecule has 1 amide bonds. The zero-order valence-corrected chi connectivity index (χ0v) is 16.6. The molecule has 4 rings (SSSR count). The van der Waals surface area contributed by atoms with Gasteiger partial charge in [0.15, 0.2) is 0 Å². The van der Waals surface area contributed by atoms with Crippen molar-refractivity contribution in [1.82, 2.24) is 9.97 Å². The number of aromatic amines is 1. The summed E-state index contributed by atoms with van der Waals surface area (Å²) in [5.74, 6) is 1.77. The number of anilines is 2. The standard InChI is InChI=1S/C20H21ClN4OS/c1-2-9-27-25-17-6-5-13(10-16(17)21)15-11-18(24-20(26)12-3-4-12)23-19-14(15)7-8-22-19/h5-8,10-12,25H,2-4,9H2,1H3,(H2,22,23,24,26). The minimum atomic E-state index is 0.0462. The van der Waals surface area contributed by atoms with E-state index in [9.17, 15) is 4.79 Å². The van der Waals surface area contributed by atoms with Crippen LogP contribution in [0.2, 0.25) is 5.02 Å². The molecule has 1 aromatic carbocycles. The molecule has 1 aliphatic rings. The van der Waals surface area contributed by atoms with Gasteiger partial charge in [-0.2, -0.15) is 0 Å². The molecule has 2 heterocycles. The SMILES string of the molecule is CCCSNc1ccc(-c2cc(NC(=O)C3CC3)nc3[nH]ccc23)cc1Cl. The number of rotatable bonds is 7. The number of hydrogen-bond donors (Lipinski definition) is 3. The molecule has 0 aliphatic heterocycles. The smallest absolute Gasteiger partial charge is 0.228 e. The highest BCUT2D eigenvalue weighted by molar-refractivity contribution is 8.00. The first kappa shape index (κ1) is 18.2. The molecule has 1 aliphatic carbocycles. The molecule has 2 aromatic heterocycles. The summed E-state index contributed by atoms with van der Waals surface area (Å²) >= 11 is 8.14. The highest BCUT2D eigenvalue weighted by Gasteiger charge is 2.30. The van der Waals surface area contributed by atoms with Gasteiger partial charge in [-0.05, 0) is 54.7 Å². The zero-order chi connectivity index (χ0) is 18.8. The quantitative estimate of drug-likeness (QED) is 0.351. The Hall–Kier alpha value is -2.18. The molecule has 0 radical (unpaired) electrons. The van der Waals surface area contributed by atoms with Gasteiger partial charge in [-0.3, -0.25) is 4.79 Å². The van der Waals surface area contributed by atoms with Crippen molar-refractivity contribution in [3.8, 4) is 11.1 Å². The van der Waals surface area contributed by atoms with Gasteiger partial charge in [0.25, 0.3) is 0 Å². The average Bonchev–Trinajstić information content (AvgIpc) is 3.41. The van der Waals surface area contributed by atoms with Crippen molar-refractivity contribution < 1.29 is 4.79 Å². The zero-order valence-electron chi connectivity index (χ0n) is 15.0. The lowest BCUT2D eigenvalue weighted by molar-refractivity contribution is -0.117. The predicted octanol–water partition coefficient (Wildman–Crippen LogP) is 5.70. The minimum absolute atomic E-state index is 0.0462. The third kappa shape index (κ3) is 4.06. The molecular weight excluding hydrogens is 380 g/mol. The molecule has 1 fully saturated rings. The molecule has 140 valence electrons. The molecule has 0 spiro atoms. The second-order valence-corrected chi connectivity index (χ2v) is 8.01. The number of pyridine rings is 1. The second kappa shape index (κ2) is 7.82. The molecule has 1 saturated carbocycles. The summed E-state index contributed by atoms with van der Waals surface area (Å²) in [6.45, 7) is 2.14. The first-order chi connectivity index (χ1) is 13.2. The minimum Gasteiger partial charge on any atom is -0.346 e. The number of nitrogens with zero attached hydrogens (tertiary/aromatic N) is 1. The van der Waals surface area contributed by atoms with E-state index in [2.05, 4.69) is 26.9 Å². The van der Waals surface area contributed by atoms with Crippen LogP contribution in [0.25, 0.3) is 22.2 Å². The monoisotopic (exact) mass is 400 g/mol. The molecule has 0 atom stereocenters. The summed E-state index contributed by atoms with van der Waals surface area (Å²) in [4.78, 5) is 19.8. The Morgan fingerprint density at radius 2 is 2.19 bits per heavy atom. The van der Waals surface area contributed by atoms with Crippen molar-refractivity contribution >= 4 is 52.0 Å². The maximum Gasteiger partial charge on any atom is 0.228 e. The van der Waals surface area contributed by atoms with Crippen molar-refractivity contribution in [2.75, 3.05) is 15.8 Å². The predicted molar refractivity (Wildman–Crippen MR) is 114 cm³/mol. The number of carbonyl (C=O) groups is 1. The van der Waals surface area contributed by atoms with Gasteiger partial charge in [0.2, 0.25) is 5.91 Å². The normalized spacial score (nSPS) is 13.7. The topological polar surface area (TPSA) is 69.8 Å². The molecule has 7 heteroatoms. The van der Waals surface area contributed by atoms with E-state index < -0.39 is 0 Å². The number of hydrogen-bond acceptors (Lipinski definition) is 4. The van der Waals surface area contributed by atoms with Gasteiger partial charge < -0.3 is 15.0 Å². The Morgan fingerprint density at radius 1 is 1.33 bits per heavy atom. The van der Waals surface area contributed by atoms with Crippen LogP contribution < -0.4 is 10.0 Å². The number of aromatic nitrogens is 2. The Bertz CT molecular complexity index is 983. The molecule has 0 saturated heterocycles. The van der Waals surface area contributed by atoms with Crippen LogP contribution in [0.15, 0.2) is 36.5 Å². The number of amides is 1. The fourth-order valence-electron chi connectivity index (χ4n) is 2.91. The Labute approximate surface area is 167 Å². The summed E-state index contributed by atoms with van der Waals surface area (Å²) < 4.78 is 3.29. The third-order valence-corrected chi connectivity index (χ3v) is 5.79.